The van der Waals surface area contributed by atoms with Crippen LogP contribution in [0.15, 0.2) is 27.5 Å². The summed E-state index contributed by atoms with van der Waals surface area (Å²) in [6, 6.07) is 2.65. The fraction of sp³-hybridized carbons (Fsp3) is 0.522. The molecule has 2 aliphatic rings. The van der Waals surface area contributed by atoms with Crippen molar-refractivity contribution >= 4 is 11.0 Å². The highest BCUT2D eigenvalue weighted by atomic mass is 19.1. The van der Waals surface area contributed by atoms with Gasteiger partial charge in [-0.2, -0.15) is 0 Å². The third-order valence-corrected chi connectivity index (χ3v) is 4.64. The smallest absolute Gasteiger partial charge is 0.256 e. The Morgan fingerprint density at radius 1 is 1.33 bits per heavy atom. The van der Waals surface area contributed by atoms with E-state index in [1.165, 1.54) is 0 Å². The Labute approximate surface area is 200 Å². The zero-order valence-corrected chi connectivity index (χ0v) is 15.3. The maximum Gasteiger partial charge on any atom is 0.256 e. The Balaban J connectivity index is 1.66. The average molecular weight is 429 g/mol. The molecule has 5 rings (SSSR count). The molecule has 1 fully saturated rings. The van der Waals surface area contributed by atoms with E-state index >= 15 is 0 Å². The molecule has 0 aliphatic carbocycles. The van der Waals surface area contributed by atoms with Gasteiger partial charge in [0.05, 0.1) is 5.69 Å². The van der Waals surface area contributed by atoms with E-state index in [1.807, 2.05) is 0 Å². The van der Waals surface area contributed by atoms with Gasteiger partial charge in [-0.3, -0.25) is 9.36 Å². The summed E-state index contributed by atoms with van der Waals surface area (Å²) in [5, 5.41) is 3.23. The molecule has 7 heteroatoms. The molecule has 0 unspecified atom stereocenters. The number of fused-ring (bicyclic) bond motifs is 2. The molecule has 30 heavy (non-hydrogen) atoms. The van der Waals surface area contributed by atoms with Gasteiger partial charge < -0.3 is 9.42 Å². The molecule has 2 aliphatic heterocycles. The van der Waals surface area contributed by atoms with Gasteiger partial charge >= 0.3 is 0 Å². The van der Waals surface area contributed by atoms with E-state index in [2.05, 4.69) is 10.1 Å². The second kappa shape index (κ2) is 7.95. The Bertz CT molecular complexity index is 1840. The first kappa shape index (κ1) is 7.86. The van der Waals surface area contributed by atoms with Crippen molar-refractivity contribution in [2.75, 3.05) is 19.5 Å². The van der Waals surface area contributed by atoms with E-state index in [4.69, 9.17) is 29.2 Å². The van der Waals surface area contributed by atoms with Crippen LogP contribution in [0.1, 0.15) is 78.8 Å². The predicted molar refractivity (Wildman–Crippen MR) is 112 cm³/mol. The summed E-state index contributed by atoms with van der Waals surface area (Å²) in [5.74, 6) is -5.10. The third kappa shape index (κ3) is 3.55. The number of piperidine rings is 1. The van der Waals surface area contributed by atoms with Gasteiger partial charge in [-0.1, -0.05) is 5.16 Å². The molecule has 0 spiro atoms. The lowest BCUT2D eigenvalue weighted by Crippen LogP contribution is -2.37. The summed E-state index contributed by atoms with van der Waals surface area (Å²) in [5.41, 5.74) is -4.63. The maximum atomic E-state index is 13.8. The number of nitrogens with zero attached hydrogens (tertiary/aromatic N) is 4. The molecule has 2 aromatic heterocycles. The number of hydrogen-bond acceptors (Lipinski definition) is 5. The molecule has 4 heterocycles. The van der Waals surface area contributed by atoms with Gasteiger partial charge in [0.1, 0.15) is 11.6 Å². The van der Waals surface area contributed by atoms with Crippen LogP contribution in [0.3, 0.4) is 0 Å². The monoisotopic (exact) mass is 428 g/mol. The Morgan fingerprint density at radius 2 is 2.20 bits per heavy atom. The van der Waals surface area contributed by atoms with E-state index < -0.39 is 111 Å². The fourth-order valence-corrected chi connectivity index (χ4v) is 3.13. The normalized spacial score (nSPS) is 40.2. The summed E-state index contributed by atoms with van der Waals surface area (Å²) < 4.78 is 171. The highest BCUT2D eigenvalue weighted by Gasteiger charge is 2.25. The van der Waals surface area contributed by atoms with Crippen LogP contribution in [0.2, 0.25) is 0 Å². The molecule has 1 saturated heterocycles. The molecule has 6 nitrogen and oxygen atoms in total. The third-order valence-electron chi connectivity index (χ3n) is 4.64. The second-order valence-electron chi connectivity index (χ2n) is 6.51. The van der Waals surface area contributed by atoms with Gasteiger partial charge in [0.25, 0.3) is 5.56 Å². The van der Waals surface area contributed by atoms with Gasteiger partial charge in [0.2, 0.25) is 0 Å². The molecule has 0 amide bonds. The van der Waals surface area contributed by atoms with Crippen molar-refractivity contribution in [1.82, 2.24) is 19.6 Å². The van der Waals surface area contributed by atoms with Crippen LogP contribution in [0.4, 0.5) is 4.39 Å². The van der Waals surface area contributed by atoms with Gasteiger partial charge in [-0.15, -0.1) is 0 Å². The van der Waals surface area contributed by atoms with Crippen LogP contribution in [-0.4, -0.2) is 39.1 Å². The highest BCUT2D eigenvalue weighted by Crippen LogP contribution is 2.32. The minimum atomic E-state index is -3.72. The van der Waals surface area contributed by atoms with Gasteiger partial charge in [-0.25, -0.2) is 9.37 Å². The van der Waals surface area contributed by atoms with Crippen molar-refractivity contribution in [3.63, 3.8) is 0 Å². The molecule has 0 N–H and O–H groups in total. The number of likely N-dealkylation sites (tertiary alicyclic amines) is 1. The molecule has 0 saturated carbocycles. The SMILES string of the molecule is [2H]C([2H])([2H])c1nc2n(c(=O)c1CCN1C([2H])([2H])C([2H])([2H])C([2H])(c3noc4cc(F)ccc34)C([2H])([2H])C1([2H])[2H])C([2H])([2H])C([2H])([2H])C([2H])([2H])C2. The largest absolute Gasteiger partial charge is 0.356 e. The van der Waals surface area contributed by atoms with E-state index in [1.54, 1.807) is 0 Å². The van der Waals surface area contributed by atoms with Crippen LogP contribution in [0.5, 0.6) is 0 Å². The molecular weight excluding hydrogens is 383 g/mol. The highest BCUT2D eigenvalue weighted by molar-refractivity contribution is 5.79. The maximum absolute atomic E-state index is 13.8. The minimum Gasteiger partial charge on any atom is -0.356 e. The molecular formula is C23H27FN4O2. The quantitative estimate of drug-likeness (QED) is 0.635. The first-order chi connectivity index (χ1) is 21.4. The second-order valence-corrected chi connectivity index (χ2v) is 6.51. The molecule has 3 aromatic rings. The van der Waals surface area contributed by atoms with Crippen LogP contribution in [-0.2, 0) is 19.3 Å². The molecule has 0 radical (unpaired) electrons. The molecule has 1 aromatic carbocycles. The fourth-order valence-electron chi connectivity index (χ4n) is 3.13. The van der Waals surface area contributed by atoms with Gasteiger partial charge in [0, 0.05) is 72.7 Å². The van der Waals surface area contributed by atoms with E-state index in [-0.39, 0.29) is 20.4 Å². The van der Waals surface area contributed by atoms with Crippen LogP contribution >= 0.6 is 0 Å². The topological polar surface area (TPSA) is 64.2 Å². The van der Waals surface area contributed by atoms with Crippen molar-refractivity contribution in [2.24, 2.45) is 0 Å². The Kier molecular flexibility index (Phi) is 2.08. The van der Waals surface area contributed by atoms with E-state index in [9.17, 15) is 9.18 Å². The van der Waals surface area contributed by atoms with Crippen LogP contribution in [0, 0.1) is 12.7 Å². The summed E-state index contributed by atoms with van der Waals surface area (Å²) in [7, 11) is 0. The first-order valence-electron chi connectivity index (χ1n) is 17.9. The summed E-state index contributed by atoms with van der Waals surface area (Å²) in [6.07, 6.45) is -15.8. The number of hydrogen-bond donors (Lipinski definition) is 0. The number of benzene rings is 1. The summed E-state index contributed by atoms with van der Waals surface area (Å²) >= 11 is 0. The van der Waals surface area contributed by atoms with Crippen LogP contribution < -0.4 is 5.56 Å². The van der Waals surface area contributed by atoms with Gasteiger partial charge in [0.15, 0.2) is 5.58 Å². The van der Waals surface area contributed by atoms with Crippen molar-refractivity contribution in [3.05, 3.63) is 57.1 Å². The van der Waals surface area contributed by atoms with Crippen molar-refractivity contribution in [1.29, 1.82) is 0 Å². The Hall–Kier alpha value is -2.54. The lowest BCUT2D eigenvalue weighted by Gasteiger charge is -2.31. The van der Waals surface area contributed by atoms with Crippen molar-refractivity contribution < 1.29 is 33.6 Å². The zero-order valence-electron chi connectivity index (χ0n) is 33.3. The van der Waals surface area contributed by atoms with Crippen molar-refractivity contribution in [2.45, 2.75) is 57.6 Å². The number of aryl methyl sites for hydroxylation is 2. The van der Waals surface area contributed by atoms with E-state index in [0.29, 0.717) is 0 Å². The summed E-state index contributed by atoms with van der Waals surface area (Å²) in [6.45, 7) is -15.1. The molecule has 0 atom stereocenters. The van der Waals surface area contributed by atoms with E-state index in [0.717, 1.165) is 18.2 Å². The number of rotatable bonds is 4. The predicted octanol–water partition coefficient (Wildman–Crippen LogP) is 3.59. The standard InChI is InChI=1S/C23H27FN4O2/c1-15-18(23(29)28-10-3-2-4-21(28)25-15)9-13-27-11-7-16(8-12-27)22-19-6-5-17(24)14-20(19)30-26-22/h5-6,14,16H,2-4,7-13H2,1H3/i1D3,2D2,3D2,7D2,8D2,10D2,11D2,12D2,16D. The van der Waals surface area contributed by atoms with Crippen molar-refractivity contribution in [3.8, 4) is 0 Å². The first-order valence-corrected chi connectivity index (χ1v) is 8.93. The minimum absolute atomic E-state index is 0.0220. The lowest BCUT2D eigenvalue weighted by molar-refractivity contribution is 0.211. The molecule has 0 bridgehead atoms. The average Bonchev–Trinajstić information content (AvgIpc) is 3.33. The number of halogens is 1. The Morgan fingerprint density at radius 3 is 3.03 bits per heavy atom. The molecule has 158 valence electrons. The van der Waals surface area contributed by atoms with Crippen LogP contribution in [0.25, 0.3) is 11.0 Å². The zero-order chi connectivity index (χ0) is 36.6. The summed E-state index contributed by atoms with van der Waals surface area (Å²) in [4.78, 5) is 17.6. The lowest BCUT2D eigenvalue weighted by atomic mass is 9.91. The number of aromatic nitrogens is 3. The van der Waals surface area contributed by atoms with Gasteiger partial charge in [-0.05, 0) is 63.9 Å².